The highest BCUT2D eigenvalue weighted by Crippen LogP contribution is 2.34. The average molecular weight is 330 g/mol. The number of fused-ring (bicyclic) bond motifs is 1. The second-order valence-corrected chi connectivity index (χ2v) is 7.21. The van der Waals surface area contributed by atoms with Gasteiger partial charge in [-0.2, -0.15) is 0 Å². The number of hydrogen-bond acceptors (Lipinski definition) is 4. The summed E-state index contributed by atoms with van der Waals surface area (Å²) >= 11 is 0. The molecule has 0 aromatic heterocycles. The number of benzene rings is 1. The number of ether oxygens (including phenoxy) is 2. The van der Waals surface area contributed by atoms with Gasteiger partial charge in [0, 0.05) is 43.7 Å². The summed E-state index contributed by atoms with van der Waals surface area (Å²) in [6.45, 7) is 3.27. The summed E-state index contributed by atoms with van der Waals surface area (Å²) in [6.07, 6.45) is 5.83. The van der Waals surface area contributed by atoms with E-state index in [1.807, 2.05) is 18.2 Å². The molecule has 3 aliphatic heterocycles. The van der Waals surface area contributed by atoms with Crippen LogP contribution >= 0.6 is 0 Å². The molecule has 2 fully saturated rings. The van der Waals surface area contributed by atoms with E-state index < -0.39 is 0 Å². The molecule has 4 rings (SSSR count). The van der Waals surface area contributed by atoms with E-state index in [0.29, 0.717) is 0 Å². The molecule has 3 aliphatic rings. The van der Waals surface area contributed by atoms with Gasteiger partial charge < -0.3 is 20.1 Å². The van der Waals surface area contributed by atoms with Crippen molar-refractivity contribution in [2.45, 2.75) is 50.2 Å². The van der Waals surface area contributed by atoms with Crippen molar-refractivity contribution in [1.82, 2.24) is 5.32 Å². The third kappa shape index (κ3) is 3.28. The molecule has 3 heterocycles. The van der Waals surface area contributed by atoms with Crippen LogP contribution in [0, 0.1) is 0 Å². The van der Waals surface area contributed by atoms with Crippen molar-refractivity contribution in [3.8, 4) is 0 Å². The zero-order chi connectivity index (χ0) is 16.4. The van der Waals surface area contributed by atoms with Crippen molar-refractivity contribution < 1.29 is 14.3 Å². The summed E-state index contributed by atoms with van der Waals surface area (Å²) in [5.74, 6) is 0.0393. The number of carbonyl (C=O) groups is 1. The molecule has 1 unspecified atom stereocenters. The smallest absolute Gasteiger partial charge is 0.251 e. The molecule has 2 saturated heterocycles. The van der Waals surface area contributed by atoms with Crippen LogP contribution in [0.4, 0.5) is 5.69 Å². The zero-order valence-corrected chi connectivity index (χ0v) is 14.1. The molecule has 1 amide bonds. The molecule has 0 saturated carbocycles. The standard InChI is InChI=1S/C19H26N2O3/c22-18(15-3-4-17-14(12-15)2-1-8-20-17)21-16-5-9-24-19(13-16)6-10-23-11-7-19/h3-4,12,16,20H,1-2,5-11,13H2,(H,21,22). The van der Waals surface area contributed by atoms with Crippen LogP contribution in [0.3, 0.4) is 0 Å². The lowest BCUT2D eigenvalue weighted by Gasteiger charge is -2.43. The first kappa shape index (κ1) is 15.9. The normalized spacial score (nSPS) is 25.6. The number of carbonyl (C=O) groups excluding carboxylic acids is 1. The maximum absolute atomic E-state index is 12.7. The minimum absolute atomic E-state index is 0.0393. The van der Waals surface area contributed by atoms with Crippen LogP contribution in [0.25, 0.3) is 0 Å². The Kier molecular flexibility index (Phi) is 4.46. The Hall–Kier alpha value is -1.59. The molecule has 5 nitrogen and oxygen atoms in total. The SMILES string of the molecule is O=C(NC1CCOC2(CCOCC2)C1)c1ccc2c(c1)CCCN2. The molecule has 2 N–H and O–H groups in total. The fourth-order valence-corrected chi connectivity index (χ4v) is 4.13. The number of nitrogens with one attached hydrogen (secondary N) is 2. The molecule has 1 atom stereocenters. The van der Waals surface area contributed by atoms with E-state index in [2.05, 4.69) is 10.6 Å². The summed E-state index contributed by atoms with van der Waals surface area (Å²) < 4.78 is 11.5. The minimum Gasteiger partial charge on any atom is -0.385 e. The summed E-state index contributed by atoms with van der Waals surface area (Å²) in [6, 6.07) is 6.20. The Morgan fingerprint density at radius 2 is 2.12 bits per heavy atom. The van der Waals surface area contributed by atoms with E-state index in [0.717, 1.165) is 70.5 Å². The fourth-order valence-electron chi connectivity index (χ4n) is 4.13. The first-order valence-electron chi connectivity index (χ1n) is 9.14. The Bertz CT molecular complexity index is 605. The largest absolute Gasteiger partial charge is 0.385 e. The highest BCUT2D eigenvalue weighted by Gasteiger charge is 2.39. The zero-order valence-electron chi connectivity index (χ0n) is 14.1. The van der Waals surface area contributed by atoms with Crippen LogP contribution in [-0.4, -0.2) is 43.9 Å². The van der Waals surface area contributed by atoms with E-state index in [-0.39, 0.29) is 17.6 Å². The quantitative estimate of drug-likeness (QED) is 0.875. The van der Waals surface area contributed by atoms with Gasteiger partial charge in [-0.3, -0.25) is 4.79 Å². The number of rotatable bonds is 2. The van der Waals surface area contributed by atoms with Gasteiger partial charge >= 0.3 is 0 Å². The molecule has 130 valence electrons. The van der Waals surface area contributed by atoms with E-state index in [1.54, 1.807) is 0 Å². The van der Waals surface area contributed by atoms with Crippen molar-refractivity contribution in [2.75, 3.05) is 31.7 Å². The van der Waals surface area contributed by atoms with Crippen molar-refractivity contribution in [1.29, 1.82) is 0 Å². The van der Waals surface area contributed by atoms with E-state index in [9.17, 15) is 4.79 Å². The third-order valence-corrected chi connectivity index (χ3v) is 5.54. The van der Waals surface area contributed by atoms with Gasteiger partial charge in [0.25, 0.3) is 5.91 Å². The van der Waals surface area contributed by atoms with Crippen molar-refractivity contribution in [3.05, 3.63) is 29.3 Å². The van der Waals surface area contributed by atoms with Crippen LogP contribution in [0.2, 0.25) is 0 Å². The summed E-state index contributed by atoms with van der Waals surface area (Å²) in [5, 5.41) is 6.62. The monoisotopic (exact) mass is 330 g/mol. The number of aryl methyl sites for hydroxylation is 1. The Morgan fingerprint density at radius 3 is 3.00 bits per heavy atom. The summed E-state index contributed by atoms with van der Waals surface area (Å²) in [5.41, 5.74) is 3.10. The molecule has 5 heteroatoms. The van der Waals surface area contributed by atoms with Crippen LogP contribution in [0.1, 0.15) is 48.0 Å². The lowest BCUT2D eigenvalue weighted by atomic mass is 9.84. The van der Waals surface area contributed by atoms with Gasteiger partial charge in [0.15, 0.2) is 0 Å². The van der Waals surface area contributed by atoms with Gasteiger partial charge in [-0.15, -0.1) is 0 Å². The lowest BCUT2D eigenvalue weighted by molar-refractivity contribution is -0.139. The lowest BCUT2D eigenvalue weighted by Crippen LogP contribution is -2.51. The summed E-state index contributed by atoms with van der Waals surface area (Å²) in [4.78, 5) is 12.7. The van der Waals surface area contributed by atoms with Crippen LogP contribution < -0.4 is 10.6 Å². The van der Waals surface area contributed by atoms with E-state index >= 15 is 0 Å². The van der Waals surface area contributed by atoms with Gasteiger partial charge in [0.05, 0.1) is 5.60 Å². The molecule has 0 bridgehead atoms. The first-order chi connectivity index (χ1) is 11.7. The molecular weight excluding hydrogens is 304 g/mol. The van der Waals surface area contributed by atoms with Gasteiger partial charge in [-0.25, -0.2) is 0 Å². The van der Waals surface area contributed by atoms with Gasteiger partial charge in [-0.1, -0.05) is 0 Å². The molecule has 24 heavy (non-hydrogen) atoms. The van der Waals surface area contributed by atoms with Crippen LogP contribution in [0.5, 0.6) is 0 Å². The molecule has 1 spiro atoms. The second-order valence-electron chi connectivity index (χ2n) is 7.21. The van der Waals surface area contributed by atoms with E-state index in [1.165, 1.54) is 11.3 Å². The Balaban J connectivity index is 1.42. The highest BCUT2D eigenvalue weighted by atomic mass is 16.5. The van der Waals surface area contributed by atoms with Crippen LogP contribution in [-0.2, 0) is 15.9 Å². The topological polar surface area (TPSA) is 59.6 Å². The molecular formula is C19H26N2O3. The van der Waals surface area contributed by atoms with Gasteiger partial charge in [-0.05, 0) is 62.3 Å². The number of hydrogen-bond donors (Lipinski definition) is 2. The maximum atomic E-state index is 12.7. The number of anilines is 1. The van der Waals surface area contributed by atoms with Crippen molar-refractivity contribution in [2.24, 2.45) is 0 Å². The maximum Gasteiger partial charge on any atom is 0.251 e. The molecule has 0 radical (unpaired) electrons. The van der Waals surface area contributed by atoms with Crippen molar-refractivity contribution in [3.63, 3.8) is 0 Å². The molecule has 0 aliphatic carbocycles. The van der Waals surface area contributed by atoms with Crippen molar-refractivity contribution >= 4 is 11.6 Å². The van der Waals surface area contributed by atoms with Gasteiger partial charge in [0.2, 0.25) is 0 Å². The Labute approximate surface area is 143 Å². The van der Waals surface area contributed by atoms with Crippen LogP contribution in [0.15, 0.2) is 18.2 Å². The summed E-state index contributed by atoms with van der Waals surface area (Å²) in [7, 11) is 0. The predicted octanol–water partition coefficient (Wildman–Crippen LogP) is 2.50. The molecule has 1 aromatic rings. The second kappa shape index (κ2) is 6.73. The van der Waals surface area contributed by atoms with E-state index in [4.69, 9.17) is 9.47 Å². The third-order valence-electron chi connectivity index (χ3n) is 5.54. The highest BCUT2D eigenvalue weighted by molar-refractivity contribution is 5.95. The minimum atomic E-state index is -0.0891. The fraction of sp³-hybridized carbons (Fsp3) is 0.632. The Morgan fingerprint density at radius 1 is 1.25 bits per heavy atom. The molecule has 1 aromatic carbocycles. The number of amides is 1. The first-order valence-corrected chi connectivity index (χ1v) is 9.14. The predicted molar refractivity (Wildman–Crippen MR) is 92.5 cm³/mol. The average Bonchev–Trinajstić information content (AvgIpc) is 2.62. The van der Waals surface area contributed by atoms with Gasteiger partial charge in [0.1, 0.15) is 0 Å².